The number of hydrogen-bond donors (Lipinski definition) is 1. The Bertz CT molecular complexity index is 151. The van der Waals surface area contributed by atoms with Gasteiger partial charge >= 0.3 is 6.18 Å². The summed E-state index contributed by atoms with van der Waals surface area (Å²) in [6.45, 7) is 0.00347. The highest BCUT2D eigenvalue weighted by atomic mass is 19.4. The van der Waals surface area contributed by atoms with Crippen LogP contribution in [0.5, 0.6) is 0 Å². The van der Waals surface area contributed by atoms with Gasteiger partial charge in [0.25, 0.3) is 0 Å². The van der Waals surface area contributed by atoms with Crippen LogP contribution < -0.4 is 5.10 Å². The molecule has 1 aliphatic heterocycles. The fourth-order valence-corrected chi connectivity index (χ4v) is 0.816. The molecule has 1 heterocycles. The van der Waals surface area contributed by atoms with Crippen molar-refractivity contribution in [1.29, 1.82) is 0 Å². The van der Waals surface area contributed by atoms with Crippen LogP contribution in [0.4, 0.5) is 13.2 Å². The predicted molar refractivity (Wildman–Crippen MR) is 29.2 cm³/mol. The predicted octanol–water partition coefficient (Wildman–Crippen LogP) is -0.823. The molecule has 1 atom stereocenters. The lowest BCUT2D eigenvalue weighted by atomic mass is 10.2. The quantitative estimate of drug-likeness (QED) is 0.481. The van der Waals surface area contributed by atoms with Gasteiger partial charge < -0.3 is 0 Å². The van der Waals surface area contributed by atoms with Crippen molar-refractivity contribution >= 4 is 6.21 Å². The Labute approximate surface area is 56.3 Å². The summed E-state index contributed by atoms with van der Waals surface area (Å²) in [5, 5.41) is 3.87. The monoisotopic (exact) mass is 153 g/mol. The van der Waals surface area contributed by atoms with E-state index in [1.807, 2.05) is 0 Å². The summed E-state index contributed by atoms with van der Waals surface area (Å²) in [6.07, 6.45) is -3.04. The van der Waals surface area contributed by atoms with Gasteiger partial charge in [0, 0.05) is 0 Å². The highest BCUT2D eigenvalue weighted by Crippen LogP contribution is 2.24. The van der Waals surface area contributed by atoms with E-state index in [9.17, 15) is 13.2 Å². The molecule has 1 aliphatic rings. The summed E-state index contributed by atoms with van der Waals surface area (Å²) in [6, 6.07) is 0. The summed E-state index contributed by atoms with van der Waals surface area (Å²) in [7, 11) is 1.57. The van der Waals surface area contributed by atoms with Gasteiger partial charge in [-0.3, -0.25) is 0 Å². The van der Waals surface area contributed by atoms with Crippen molar-refractivity contribution in [2.45, 2.75) is 6.18 Å². The van der Waals surface area contributed by atoms with Gasteiger partial charge in [-0.2, -0.15) is 18.2 Å². The van der Waals surface area contributed by atoms with Crippen LogP contribution in [-0.2, 0) is 0 Å². The second kappa shape index (κ2) is 2.14. The van der Waals surface area contributed by atoms with Gasteiger partial charge in [-0.25, -0.2) is 0 Å². The van der Waals surface area contributed by atoms with E-state index in [-0.39, 0.29) is 6.54 Å². The fourth-order valence-electron chi connectivity index (χ4n) is 0.816. The molecule has 0 amide bonds. The molecule has 0 aromatic heterocycles. The normalized spacial score (nSPS) is 26.0. The number of hydrazone groups is 1. The molecule has 5 heteroatoms. The number of hydrogen-bond acceptors (Lipinski definition) is 1. The van der Waals surface area contributed by atoms with Gasteiger partial charge in [0.2, 0.25) is 0 Å². The van der Waals surface area contributed by atoms with Gasteiger partial charge in [-0.15, -0.1) is 5.10 Å². The lowest BCUT2D eigenvalue weighted by Crippen LogP contribution is -2.76. The molecule has 0 spiro atoms. The number of nitrogens with one attached hydrogen (secondary N) is 1. The SMILES string of the molecule is CN1CC(C(F)(F)F)C=[NH+]1. The standard InChI is InChI=1S/C5H7F3N2/c1-10-3-4(2-9-10)5(6,7)8/h2,4H,3H2,1H3/p+1. The van der Waals surface area contributed by atoms with Crippen LogP contribution in [0.15, 0.2) is 0 Å². The Hall–Kier alpha value is -0.740. The minimum Gasteiger partial charge on any atom is -0.190 e. The maximum Gasteiger partial charge on any atom is 0.402 e. The largest absolute Gasteiger partial charge is 0.402 e. The van der Waals surface area contributed by atoms with Crippen molar-refractivity contribution in [2.75, 3.05) is 13.6 Å². The molecule has 0 bridgehead atoms. The highest BCUT2D eigenvalue weighted by molar-refractivity contribution is 5.56. The average Bonchev–Trinajstić information content (AvgIpc) is 2.11. The molecule has 0 aromatic carbocycles. The molecule has 1 unspecified atom stereocenters. The lowest BCUT2D eigenvalue weighted by Gasteiger charge is -2.08. The summed E-state index contributed by atoms with van der Waals surface area (Å²) in [5.41, 5.74) is 0. The molecule has 0 radical (unpaired) electrons. The van der Waals surface area contributed by atoms with Crippen LogP contribution in [0, 0.1) is 5.92 Å². The minimum atomic E-state index is -4.10. The molecule has 0 saturated carbocycles. The zero-order valence-corrected chi connectivity index (χ0v) is 5.44. The van der Waals surface area contributed by atoms with Crippen molar-refractivity contribution < 1.29 is 18.3 Å². The maximum atomic E-state index is 11.8. The Kier molecular flexibility index (Phi) is 1.58. The van der Waals surface area contributed by atoms with Crippen LogP contribution in [0.25, 0.3) is 0 Å². The number of nitrogens with zero attached hydrogens (tertiary/aromatic N) is 1. The lowest BCUT2D eigenvalue weighted by molar-refractivity contribution is -0.623. The molecule has 1 rings (SSSR count). The van der Waals surface area contributed by atoms with Crippen molar-refractivity contribution in [3.05, 3.63) is 0 Å². The molecular weight excluding hydrogens is 145 g/mol. The Morgan fingerprint density at radius 1 is 1.60 bits per heavy atom. The van der Waals surface area contributed by atoms with E-state index in [1.165, 1.54) is 5.01 Å². The Morgan fingerprint density at radius 2 is 2.20 bits per heavy atom. The molecule has 2 nitrogen and oxygen atoms in total. The van der Waals surface area contributed by atoms with Gasteiger partial charge in [0.15, 0.2) is 12.1 Å². The number of rotatable bonds is 0. The zero-order valence-electron chi connectivity index (χ0n) is 5.44. The number of halogens is 3. The van der Waals surface area contributed by atoms with Crippen LogP contribution in [-0.4, -0.2) is 31.0 Å². The maximum absolute atomic E-state index is 11.8. The minimum absolute atomic E-state index is 0.00347. The first-order valence-electron chi connectivity index (χ1n) is 2.87. The van der Waals surface area contributed by atoms with Gasteiger partial charge in [0.05, 0.1) is 13.6 Å². The van der Waals surface area contributed by atoms with Crippen LogP contribution >= 0.6 is 0 Å². The molecule has 0 aliphatic carbocycles. The van der Waals surface area contributed by atoms with Crippen LogP contribution in [0.1, 0.15) is 0 Å². The third-order valence-corrected chi connectivity index (χ3v) is 1.39. The number of hydrazine groups is 1. The van der Waals surface area contributed by atoms with Crippen LogP contribution in [0.2, 0.25) is 0 Å². The Morgan fingerprint density at radius 3 is 2.40 bits per heavy atom. The van der Waals surface area contributed by atoms with Gasteiger partial charge in [0.1, 0.15) is 0 Å². The molecule has 10 heavy (non-hydrogen) atoms. The fraction of sp³-hybridized carbons (Fsp3) is 0.800. The second-order valence-electron chi connectivity index (χ2n) is 2.32. The molecule has 1 N–H and O–H groups in total. The van der Waals surface area contributed by atoms with E-state index in [4.69, 9.17) is 0 Å². The van der Waals surface area contributed by atoms with Crippen molar-refractivity contribution in [3.63, 3.8) is 0 Å². The summed E-state index contributed by atoms with van der Waals surface area (Å²) in [5.74, 6) is -1.32. The first-order valence-corrected chi connectivity index (χ1v) is 2.87. The summed E-state index contributed by atoms with van der Waals surface area (Å²) < 4.78 is 35.5. The third-order valence-electron chi connectivity index (χ3n) is 1.39. The highest BCUT2D eigenvalue weighted by Gasteiger charge is 2.44. The first kappa shape index (κ1) is 7.37. The average molecular weight is 153 g/mol. The molecule has 0 saturated heterocycles. The van der Waals surface area contributed by atoms with E-state index in [0.717, 1.165) is 6.21 Å². The van der Waals surface area contributed by atoms with Crippen LogP contribution in [0.3, 0.4) is 0 Å². The smallest absolute Gasteiger partial charge is 0.190 e. The third kappa shape index (κ3) is 1.40. The van der Waals surface area contributed by atoms with Crippen molar-refractivity contribution in [1.82, 2.24) is 5.01 Å². The van der Waals surface area contributed by atoms with E-state index in [2.05, 4.69) is 5.10 Å². The Balaban J connectivity index is 2.55. The summed E-state index contributed by atoms with van der Waals surface area (Å²) >= 11 is 0. The zero-order chi connectivity index (χ0) is 7.78. The van der Waals surface area contributed by atoms with Crippen molar-refractivity contribution in [3.8, 4) is 0 Å². The molecule has 58 valence electrons. The van der Waals surface area contributed by atoms with Crippen molar-refractivity contribution in [2.24, 2.45) is 5.92 Å². The van der Waals surface area contributed by atoms with Gasteiger partial charge in [-0.05, 0) is 0 Å². The van der Waals surface area contributed by atoms with E-state index in [0.29, 0.717) is 0 Å². The summed E-state index contributed by atoms with van der Waals surface area (Å²) in [4.78, 5) is 0. The second-order valence-corrected chi connectivity index (χ2v) is 2.32. The molecule has 0 fully saturated rings. The first-order chi connectivity index (χ1) is 4.50. The number of alkyl halides is 3. The van der Waals surface area contributed by atoms with E-state index < -0.39 is 12.1 Å². The van der Waals surface area contributed by atoms with E-state index in [1.54, 1.807) is 7.05 Å². The van der Waals surface area contributed by atoms with Gasteiger partial charge in [-0.1, -0.05) is 0 Å². The molecular formula is C5H8F3N2+. The van der Waals surface area contributed by atoms with E-state index >= 15 is 0 Å². The topological polar surface area (TPSA) is 17.2 Å². The molecule has 0 aromatic rings.